The zero-order valence-electron chi connectivity index (χ0n) is 12.8. The van der Waals surface area contributed by atoms with Crippen LogP contribution in [0.25, 0.3) is 10.9 Å². The number of methoxy groups -OCH3 is 1. The van der Waals surface area contributed by atoms with Gasteiger partial charge in [-0.2, -0.15) is 0 Å². The van der Waals surface area contributed by atoms with Crippen LogP contribution in [-0.2, 0) is 5.60 Å². The summed E-state index contributed by atoms with van der Waals surface area (Å²) < 4.78 is 5.29. The Hall–Kier alpha value is -2.63. The van der Waals surface area contributed by atoms with E-state index in [1.807, 2.05) is 24.3 Å². The summed E-state index contributed by atoms with van der Waals surface area (Å²) in [6, 6.07) is 14.3. The maximum absolute atomic E-state index is 11.5. The summed E-state index contributed by atoms with van der Waals surface area (Å²) in [6.07, 6.45) is 0. The standard InChI is InChI=1S/C18H14ClN3O2/c1-24-16-9-12(11-4-2-3-5-14(11)21-16)18(23)13-8-10(19)6-7-15(13)22-17(18)20/h2-9,23H,1H3,(H2,20,22). The summed E-state index contributed by atoms with van der Waals surface area (Å²) >= 11 is 6.12. The number of halogens is 1. The molecule has 2 heterocycles. The third-order valence-corrected chi connectivity index (χ3v) is 4.49. The average Bonchev–Trinajstić information content (AvgIpc) is 2.85. The maximum Gasteiger partial charge on any atom is 0.213 e. The van der Waals surface area contributed by atoms with Gasteiger partial charge in [-0.05, 0) is 24.3 Å². The van der Waals surface area contributed by atoms with Crippen molar-refractivity contribution in [2.75, 3.05) is 7.11 Å². The molecule has 1 aliphatic rings. The van der Waals surface area contributed by atoms with E-state index >= 15 is 0 Å². The molecule has 5 nitrogen and oxygen atoms in total. The normalized spacial score (nSPS) is 19.2. The number of nitrogens with zero attached hydrogens (tertiary/aromatic N) is 2. The fourth-order valence-corrected chi connectivity index (χ4v) is 3.25. The Balaban J connectivity index is 2.08. The van der Waals surface area contributed by atoms with E-state index in [1.165, 1.54) is 7.11 Å². The van der Waals surface area contributed by atoms with Gasteiger partial charge < -0.3 is 15.6 Å². The van der Waals surface area contributed by atoms with Gasteiger partial charge in [-0.3, -0.25) is 0 Å². The van der Waals surface area contributed by atoms with E-state index < -0.39 is 5.60 Å². The van der Waals surface area contributed by atoms with Crippen LogP contribution in [0.2, 0.25) is 5.02 Å². The van der Waals surface area contributed by atoms with Gasteiger partial charge in [0.05, 0.1) is 18.3 Å². The fourth-order valence-electron chi connectivity index (χ4n) is 3.08. The third-order valence-electron chi connectivity index (χ3n) is 4.25. The second-order valence-corrected chi connectivity index (χ2v) is 6.03. The van der Waals surface area contributed by atoms with Crippen molar-refractivity contribution in [1.29, 1.82) is 0 Å². The SMILES string of the molecule is COc1cc(C2(O)C(N)=Nc3ccc(Cl)cc32)c2ccccc2n1. The third kappa shape index (κ3) is 1.99. The zero-order valence-corrected chi connectivity index (χ0v) is 13.6. The molecule has 3 N–H and O–H groups in total. The molecule has 1 aromatic heterocycles. The summed E-state index contributed by atoms with van der Waals surface area (Å²) in [5.74, 6) is 0.485. The van der Waals surface area contributed by atoms with Crippen LogP contribution in [0.4, 0.5) is 5.69 Å². The Labute approximate surface area is 143 Å². The van der Waals surface area contributed by atoms with Crippen molar-refractivity contribution in [2.45, 2.75) is 5.60 Å². The number of benzene rings is 2. The van der Waals surface area contributed by atoms with Crippen molar-refractivity contribution in [3.05, 3.63) is 64.7 Å². The van der Waals surface area contributed by atoms with Crippen LogP contribution in [0.3, 0.4) is 0 Å². The van der Waals surface area contributed by atoms with Gasteiger partial charge in [-0.25, -0.2) is 9.98 Å². The van der Waals surface area contributed by atoms with Gasteiger partial charge in [0.15, 0.2) is 5.60 Å². The molecule has 0 radical (unpaired) electrons. The minimum Gasteiger partial charge on any atom is -0.481 e. The fraction of sp³-hybridized carbons (Fsp3) is 0.111. The molecule has 0 aliphatic carbocycles. The first-order chi connectivity index (χ1) is 11.5. The summed E-state index contributed by atoms with van der Waals surface area (Å²) in [4.78, 5) is 8.72. The van der Waals surface area contributed by atoms with Gasteiger partial charge in [-0.15, -0.1) is 0 Å². The molecule has 0 saturated carbocycles. The number of hydrogen-bond acceptors (Lipinski definition) is 5. The predicted octanol–water partition coefficient (Wildman–Crippen LogP) is 3.14. The largest absolute Gasteiger partial charge is 0.481 e. The smallest absolute Gasteiger partial charge is 0.213 e. The second kappa shape index (κ2) is 5.19. The van der Waals surface area contributed by atoms with E-state index in [0.29, 0.717) is 33.2 Å². The van der Waals surface area contributed by atoms with Crippen LogP contribution in [0.1, 0.15) is 11.1 Å². The van der Waals surface area contributed by atoms with Crippen LogP contribution < -0.4 is 10.5 Å². The second-order valence-electron chi connectivity index (χ2n) is 5.60. The summed E-state index contributed by atoms with van der Waals surface area (Å²) in [5, 5.41) is 12.8. The van der Waals surface area contributed by atoms with E-state index in [9.17, 15) is 5.11 Å². The van der Waals surface area contributed by atoms with Crippen LogP contribution in [0, 0.1) is 0 Å². The molecule has 0 fully saturated rings. The van der Waals surface area contributed by atoms with Gasteiger partial charge >= 0.3 is 0 Å². The number of fused-ring (bicyclic) bond motifs is 2. The molecule has 0 saturated heterocycles. The van der Waals surface area contributed by atoms with E-state index in [1.54, 1.807) is 24.3 Å². The van der Waals surface area contributed by atoms with Crippen molar-refractivity contribution < 1.29 is 9.84 Å². The van der Waals surface area contributed by atoms with E-state index in [0.717, 1.165) is 5.39 Å². The van der Waals surface area contributed by atoms with Crippen molar-refractivity contribution in [3.8, 4) is 5.88 Å². The van der Waals surface area contributed by atoms with Gasteiger partial charge in [-0.1, -0.05) is 29.8 Å². The number of amidine groups is 1. The number of aromatic nitrogens is 1. The van der Waals surface area contributed by atoms with Crippen molar-refractivity contribution in [3.63, 3.8) is 0 Å². The van der Waals surface area contributed by atoms with Gasteiger partial charge in [0, 0.05) is 27.6 Å². The maximum atomic E-state index is 11.5. The molecular weight excluding hydrogens is 326 g/mol. The minimum atomic E-state index is -1.59. The highest BCUT2D eigenvalue weighted by Crippen LogP contribution is 2.45. The Morgan fingerprint density at radius 2 is 1.92 bits per heavy atom. The monoisotopic (exact) mass is 339 g/mol. The Morgan fingerprint density at radius 3 is 2.71 bits per heavy atom. The lowest BCUT2D eigenvalue weighted by molar-refractivity contribution is 0.159. The zero-order chi connectivity index (χ0) is 16.9. The van der Waals surface area contributed by atoms with Crippen molar-refractivity contribution in [2.24, 2.45) is 10.7 Å². The first kappa shape index (κ1) is 14.9. The van der Waals surface area contributed by atoms with E-state index in [4.69, 9.17) is 22.1 Å². The topological polar surface area (TPSA) is 80.7 Å². The predicted molar refractivity (Wildman–Crippen MR) is 94.0 cm³/mol. The molecule has 24 heavy (non-hydrogen) atoms. The molecule has 6 heteroatoms. The lowest BCUT2D eigenvalue weighted by Crippen LogP contribution is -2.39. The first-order valence-corrected chi connectivity index (χ1v) is 7.73. The Morgan fingerprint density at radius 1 is 1.12 bits per heavy atom. The van der Waals surface area contributed by atoms with Gasteiger partial charge in [0.2, 0.25) is 5.88 Å². The Kier molecular flexibility index (Phi) is 3.23. The molecule has 120 valence electrons. The quantitative estimate of drug-likeness (QED) is 0.751. The summed E-state index contributed by atoms with van der Waals surface area (Å²) in [6.45, 7) is 0. The van der Waals surface area contributed by atoms with E-state index in [-0.39, 0.29) is 5.84 Å². The molecule has 3 aromatic rings. The molecule has 2 aromatic carbocycles. The molecule has 0 amide bonds. The number of aliphatic hydroxyl groups is 1. The number of nitrogens with two attached hydrogens (primary N) is 1. The first-order valence-electron chi connectivity index (χ1n) is 7.35. The number of rotatable bonds is 2. The number of aliphatic imine (C=N–C) groups is 1. The van der Waals surface area contributed by atoms with Gasteiger partial charge in [0.1, 0.15) is 5.84 Å². The average molecular weight is 340 g/mol. The van der Waals surface area contributed by atoms with Crippen LogP contribution in [-0.4, -0.2) is 23.0 Å². The molecular formula is C18H14ClN3O2. The lowest BCUT2D eigenvalue weighted by Gasteiger charge is -2.26. The van der Waals surface area contributed by atoms with Crippen LogP contribution in [0.5, 0.6) is 5.88 Å². The number of hydrogen-bond donors (Lipinski definition) is 2. The molecule has 4 rings (SSSR count). The molecule has 1 unspecified atom stereocenters. The highest BCUT2D eigenvalue weighted by Gasteiger charge is 2.44. The number of ether oxygens (including phenoxy) is 1. The molecule has 0 bridgehead atoms. The molecule has 1 aliphatic heterocycles. The van der Waals surface area contributed by atoms with Crippen molar-refractivity contribution in [1.82, 2.24) is 4.98 Å². The number of para-hydroxylation sites is 1. The van der Waals surface area contributed by atoms with Gasteiger partial charge in [0.25, 0.3) is 0 Å². The molecule has 1 atom stereocenters. The van der Waals surface area contributed by atoms with E-state index in [2.05, 4.69) is 9.98 Å². The lowest BCUT2D eigenvalue weighted by atomic mass is 9.84. The number of pyridine rings is 1. The van der Waals surface area contributed by atoms with Crippen LogP contribution >= 0.6 is 11.6 Å². The minimum absolute atomic E-state index is 0.0955. The Bertz CT molecular complexity index is 1000. The highest BCUT2D eigenvalue weighted by molar-refractivity contribution is 6.30. The summed E-state index contributed by atoms with van der Waals surface area (Å²) in [7, 11) is 1.53. The molecule has 0 spiro atoms. The van der Waals surface area contributed by atoms with Crippen molar-refractivity contribution >= 4 is 34.0 Å². The van der Waals surface area contributed by atoms with Crippen LogP contribution in [0.15, 0.2) is 53.5 Å². The highest BCUT2D eigenvalue weighted by atomic mass is 35.5. The summed E-state index contributed by atoms with van der Waals surface area (Å²) in [5.41, 5.74) is 6.94.